The predicted octanol–water partition coefficient (Wildman–Crippen LogP) is -0.598. The average Bonchev–Trinajstić information content (AvgIpc) is 1.97. The second kappa shape index (κ2) is 1.95. The van der Waals surface area contributed by atoms with Crippen molar-refractivity contribution in [3.8, 4) is 0 Å². The number of carbonyl (C=O) groups excluding carboxylic acids is 1. The first-order chi connectivity index (χ1) is 5.13. The monoisotopic (exact) mass is 156 g/mol. The van der Waals surface area contributed by atoms with Crippen LogP contribution in [0, 0.1) is 5.92 Å². The van der Waals surface area contributed by atoms with Crippen LogP contribution in [-0.2, 0) is 4.79 Å². The summed E-state index contributed by atoms with van der Waals surface area (Å²) in [6.45, 7) is 1.96. The van der Waals surface area contributed by atoms with Gasteiger partial charge in [0.1, 0.15) is 12.3 Å². The molecule has 3 rings (SSSR count). The summed E-state index contributed by atoms with van der Waals surface area (Å²) in [6.07, 6.45) is 0.185. The van der Waals surface area contributed by atoms with Crippen LogP contribution in [0.3, 0.4) is 0 Å². The van der Waals surface area contributed by atoms with Gasteiger partial charge in [0.05, 0.1) is 0 Å². The number of aliphatic hydroxyl groups is 1. The topological polar surface area (TPSA) is 43.8 Å². The molecule has 3 unspecified atom stereocenters. The van der Waals surface area contributed by atoms with Crippen molar-refractivity contribution in [3.05, 3.63) is 0 Å². The Hall–Kier alpha value is -0.610. The molecule has 0 aromatic rings. The number of aliphatic hydroxyl groups excluding tert-OH is 1. The minimum absolute atomic E-state index is 0.0356. The molecule has 3 fully saturated rings. The van der Waals surface area contributed by atoms with Crippen molar-refractivity contribution >= 4 is 5.91 Å². The zero-order valence-corrected chi connectivity index (χ0v) is 6.69. The van der Waals surface area contributed by atoms with Gasteiger partial charge < -0.3 is 5.11 Å². The molecule has 1 N–H and O–H groups in total. The van der Waals surface area contributed by atoms with Gasteiger partial charge in [-0.3, -0.25) is 4.79 Å². The third-order valence-corrected chi connectivity index (χ3v) is 2.66. The third-order valence-electron chi connectivity index (χ3n) is 2.66. The van der Waals surface area contributed by atoms with E-state index >= 15 is 0 Å². The molecular formula is C7H12N2O2. The number of hydrogen-bond donors (Lipinski definition) is 1. The molecule has 3 saturated heterocycles. The van der Waals surface area contributed by atoms with Crippen LogP contribution >= 0.6 is 0 Å². The van der Waals surface area contributed by atoms with Crippen molar-refractivity contribution in [2.75, 3.05) is 7.05 Å². The maximum absolute atomic E-state index is 11.1. The number of nitrogens with zero attached hydrogens (tertiary/aromatic N) is 2. The Balaban J connectivity index is 2.20. The van der Waals surface area contributed by atoms with Crippen molar-refractivity contribution in [1.82, 2.24) is 10.0 Å². The highest BCUT2D eigenvalue weighted by atomic mass is 16.3. The Morgan fingerprint density at radius 1 is 1.64 bits per heavy atom. The van der Waals surface area contributed by atoms with E-state index in [1.165, 1.54) is 5.01 Å². The van der Waals surface area contributed by atoms with Crippen molar-refractivity contribution in [1.29, 1.82) is 0 Å². The third kappa shape index (κ3) is 0.684. The van der Waals surface area contributed by atoms with E-state index in [4.69, 9.17) is 0 Å². The smallest absolute Gasteiger partial charge is 0.258 e. The lowest BCUT2D eigenvalue weighted by atomic mass is 9.90. The molecule has 62 valence electrons. The summed E-state index contributed by atoms with van der Waals surface area (Å²) in [5.41, 5.74) is 0. The number of hydrazine groups is 1. The van der Waals surface area contributed by atoms with Crippen LogP contribution in [0.2, 0.25) is 0 Å². The normalized spacial score (nSPS) is 44.1. The fourth-order valence-electron chi connectivity index (χ4n) is 1.85. The van der Waals surface area contributed by atoms with Gasteiger partial charge in [0.25, 0.3) is 5.91 Å². The highest BCUT2D eigenvalue weighted by Crippen LogP contribution is 2.35. The van der Waals surface area contributed by atoms with E-state index in [0.717, 1.165) is 6.42 Å². The van der Waals surface area contributed by atoms with Crippen LogP contribution < -0.4 is 0 Å². The van der Waals surface area contributed by atoms with Gasteiger partial charge in [0, 0.05) is 13.0 Å². The van der Waals surface area contributed by atoms with Gasteiger partial charge in [-0.25, -0.2) is 10.0 Å². The van der Waals surface area contributed by atoms with Gasteiger partial charge in [-0.1, -0.05) is 6.92 Å². The minimum atomic E-state index is -0.600. The van der Waals surface area contributed by atoms with Gasteiger partial charge in [-0.15, -0.1) is 0 Å². The van der Waals surface area contributed by atoms with Crippen LogP contribution in [0.25, 0.3) is 0 Å². The number of piperidine rings is 1. The molecule has 2 bridgehead atoms. The molecule has 3 aliphatic rings. The van der Waals surface area contributed by atoms with Gasteiger partial charge in [0.15, 0.2) is 0 Å². The Bertz CT molecular complexity index is 207. The number of rotatable bonds is 0. The number of fused-ring (bicyclic) bond motifs is 2. The van der Waals surface area contributed by atoms with Crippen molar-refractivity contribution in [3.63, 3.8) is 0 Å². The Morgan fingerprint density at radius 2 is 2.27 bits per heavy atom. The molecule has 0 saturated carbocycles. The molecule has 1 amide bonds. The molecule has 0 aliphatic carbocycles. The number of amides is 1. The molecule has 3 aliphatic heterocycles. The predicted molar refractivity (Wildman–Crippen MR) is 38.2 cm³/mol. The minimum Gasteiger partial charge on any atom is -0.372 e. The van der Waals surface area contributed by atoms with E-state index in [0.29, 0.717) is 0 Å². The Kier molecular flexibility index (Phi) is 1.25. The molecule has 0 aromatic heterocycles. The Morgan fingerprint density at radius 3 is 2.64 bits per heavy atom. The molecule has 0 aromatic carbocycles. The van der Waals surface area contributed by atoms with Crippen LogP contribution in [0.15, 0.2) is 0 Å². The Labute approximate surface area is 65.4 Å². The summed E-state index contributed by atoms with van der Waals surface area (Å²) in [5, 5.41) is 12.7. The van der Waals surface area contributed by atoms with Crippen molar-refractivity contribution in [2.45, 2.75) is 25.6 Å². The summed E-state index contributed by atoms with van der Waals surface area (Å²) in [4.78, 5) is 11.1. The first kappa shape index (κ1) is 7.06. The lowest BCUT2D eigenvalue weighted by Crippen LogP contribution is -2.75. The van der Waals surface area contributed by atoms with E-state index in [1.807, 2.05) is 19.0 Å². The maximum Gasteiger partial charge on any atom is 0.258 e. The fraction of sp³-hybridized carbons (Fsp3) is 0.857. The first-order valence-corrected chi connectivity index (χ1v) is 3.87. The second-order valence-electron chi connectivity index (χ2n) is 3.40. The van der Waals surface area contributed by atoms with Crippen LogP contribution in [0.5, 0.6) is 0 Å². The van der Waals surface area contributed by atoms with Gasteiger partial charge in [-0.2, -0.15) is 0 Å². The molecule has 4 nitrogen and oxygen atoms in total. The second-order valence-corrected chi connectivity index (χ2v) is 3.40. The average molecular weight is 156 g/mol. The molecule has 3 atom stereocenters. The molecule has 11 heavy (non-hydrogen) atoms. The van der Waals surface area contributed by atoms with E-state index in [2.05, 4.69) is 0 Å². The van der Waals surface area contributed by atoms with Gasteiger partial charge >= 0.3 is 0 Å². The maximum atomic E-state index is 11.1. The number of hydrogen-bond acceptors (Lipinski definition) is 3. The summed E-state index contributed by atoms with van der Waals surface area (Å²) in [5.74, 6) is 0.284. The van der Waals surface area contributed by atoms with Crippen LogP contribution in [0.1, 0.15) is 13.3 Å². The van der Waals surface area contributed by atoms with Crippen LogP contribution in [-0.4, -0.2) is 40.3 Å². The summed E-state index contributed by atoms with van der Waals surface area (Å²) < 4.78 is 0. The van der Waals surface area contributed by atoms with Gasteiger partial charge in [0.2, 0.25) is 0 Å². The summed E-state index contributed by atoms with van der Waals surface area (Å²) in [7, 11) is 1.83. The molecular weight excluding hydrogens is 144 g/mol. The SMILES string of the molecule is CC1CC2C(=O)N(C1O)N2C. The van der Waals surface area contributed by atoms with Crippen LogP contribution in [0.4, 0.5) is 0 Å². The largest absolute Gasteiger partial charge is 0.372 e. The molecule has 0 spiro atoms. The quantitative estimate of drug-likeness (QED) is 0.509. The standard InChI is InChI=1S/C7H12N2O2/c1-4-3-5-7(11)9(6(4)10)8(5)2/h4-6,10H,3H2,1-2H3. The van der Waals surface area contributed by atoms with Gasteiger partial charge in [-0.05, 0) is 6.42 Å². The molecule has 3 heterocycles. The van der Waals surface area contributed by atoms with E-state index < -0.39 is 6.23 Å². The van der Waals surface area contributed by atoms with E-state index in [1.54, 1.807) is 0 Å². The number of carbonyl (C=O) groups is 1. The van der Waals surface area contributed by atoms with E-state index in [9.17, 15) is 9.90 Å². The summed E-state index contributed by atoms with van der Waals surface area (Å²) in [6, 6.07) is 0.0356. The zero-order valence-electron chi connectivity index (χ0n) is 6.69. The lowest BCUT2D eigenvalue weighted by molar-refractivity contribution is -0.256. The highest BCUT2D eigenvalue weighted by Gasteiger charge is 2.52. The highest BCUT2D eigenvalue weighted by molar-refractivity contribution is 5.87. The van der Waals surface area contributed by atoms with Crippen molar-refractivity contribution < 1.29 is 9.90 Å². The molecule has 0 radical (unpaired) electrons. The van der Waals surface area contributed by atoms with E-state index in [-0.39, 0.29) is 17.9 Å². The van der Waals surface area contributed by atoms with Crippen molar-refractivity contribution in [2.24, 2.45) is 5.92 Å². The molecule has 4 heteroatoms. The first-order valence-electron chi connectivity index (χ1n) is 3.87. The summed E-state index contributed by atoms with van der Waals surface area (Å²) >= 11 is 0. The lowest BCUT2D eigenvalue weighted by Gasteiger charge is -2.56. The number of likely N-dealkylation sites (N-methyl/N-ethyl adjacent to an activating group) is 1. The fourth-order valence-corrected chi connectivity index (χ4v) is 1.85. The zero-order chi connectivity index (χ0) is 8.17.